The lowest BCUT2D eigenvalue weighted by molar-refractivity contribution is -0.122. The van der Waals surface area contributed by atoms with Gasteiger partial charge in [-0.3, -0.25) is 4.79 Å². The highest BCUT2D eigenvalue weighted by molar-refractivity contribution is 6.32. The molecule has 0 saturated heterocycles. The molecule has 1 saturated carbocycles. The van der Waals surface area contributed by atoms with E-state index >= 15 is 0 Å². The number of hydrogen-bond donors (Lipinski definition) is 1. The zero-order valence-electron chi connectivity index (χ0n) is 10.8. The van der Waals surface area contributed by atoms with Crippen LogP contribution in [0.4, 0.5) is 0 Å². The van der Waals surface area contributed by atoms with Crippen molar-refractivity contribution in [1.82, 2.24) is 5.32 Å². The van der Waals surface area contributed by atoms with E-state index in [1.54, 1.807) is 0 Å². The molecular weight excluding hydrogens is 250 g/mol. The van der Waals surface area contributed by atoms with Crippen molar-refractivity contribution in [2.24, 2.45) is 5.92 Å². The van der Waals surface area contributed by atoms with Crippen molar-refractivity contribution in [1.29, 1.82) is 0 Å². The van der Waals surface area contributed by atoms with Crippen LogP contribution in [0.3, 0.4) is 0 Å². The maximum absolute atomic E-state index is 11.6. The molecule has 1 fully saturated rings. The molecule has 1 aliphatic carbocycles. The van der Waals surface area contributed by atoms with Gasteiger partial charge in [0.2, 0.25) is 5.91 Å². The van der Waals surface area contributed by atoms with Crippen LogP contribution < -0.4 is 10.1 Å². The Hall–Kier alpha value is -1.22. The molecule has 0 unspecified atom stereocenters. The number of rotatable bonds is 5. The number of nitrogens with one attached hydrogen (secondary N) is 1. The van der Waals surface area contributed by atoms with Crippen molar-refractivity contribution < 1.29 is 9.53 Å². The quantitative estimate of drug-likeness (QED) is 0.890. The van der Waals surface area contributed by atoms with Gasteiger partial charge >= 0.3 is 0 Å². The Morgan fingerprint density at radius 2 is 2.22 bits per heavy atom. The van der Waals surface area contributed by atoms with E-state index in [0.29, 0.717) is 23.9 Å². The molecule has 0 aliphatic heterocycles. The van der Waals surface area contributed by atoms with Gasteiger partial charge in [-0.2, -0.15) is 0 Å². The van der Waals surface area contributed by atoms with E-state index in [2.05, 4.69) is 5.32 Å². The van der Waals surface area contributed by atoms with E-state index in [0.717, 1.165) is 24.0 Å². The second-order valence-electron chi connectivity index (χ2n) is 4.63. The maximum Gasteiger partial charge on any atom is 0.223 e. The Labute approximate surface area is 112 Å². The zero-order chi connectivity index (χ0) is 13.1. The predicted molar refractivity (Wildman–Crippen MR) is 71.9 cm³/mol. The summed E-state index contributed by atoms with van der Waals surface area (Å²) in [4.78, 5) is 11.6. The lowest BCUT2D eigenvalue weighted by atomic mass is 10.1. The van der Waals surface area contributed by atoms with Crippen molar-refractivity contribution in [3.63, 3.8) is 0 Å². The number of carbonyl (C=O) groups excluding carboxylic acids is 1. The summed E-state index contributed by atoms with van der Waals surface area (Å²) < 4.78 is 5.43. The number of carbonyl (C=O) groups is 1. The maximum atomic E-state index is 11.6. The minimum absolute atomic E-state index is 0.152. The fourth-order valence-corrected chi connectivity index (χ4v) is 2.07. The Kier molecular flexibility index (Phi) is 4.12. The first-order valence-electron chi connectivity index (χ1n) is 6.31. The van der Waals surface area contributed by atoms with Gasteiger partial charge in [0.15, 0.2) is 0 Å². The van der Waals surface area contributed by atoms with Crippen LogP contribution in [0.2, 0.25) is 5.02 Å². The van der Waals surface area contributed by atoms with Crippen LogP contribution >= 0.6 is 11.6 Å². The topological polar surface area (TPSA) is 38.3 Å². The minimum atomic E-state index is 0.152. The van der Waals surface area contributed by atoms with E-state index in [-0.39, 0.29) is 11.8 Å². The van der Waals surface area contributed by atoms with Crippen LogP contribution in [0, 0.1) is 12.8 Å². The molecule has 1 amide bonds. The normalized spacial score (nSPS) is 14.4. The van der Waals surface area contributed by atoms with E-state index < -0.39 is 0 Å². The highest BCUT2D eigenvalue weighted by atomic mass is 35.5. The first-order valence-corrected chi connectivity index (χ1v) is 6.69. The highest BCUT2D eigenvalue weighted by Gasteiger charge is 2.29. The first-order chi connectivity index (χ1) is 8.61. The largest absolute Gasteiger partial charge is 0.492 e. The van der Waals surface area contributed by atoms with Crippen LogP contribution in [0.25, 0.3) is 0 Å². The van der Waals surface area contributed by atoms with Crippen molar-refractivity contribution in [2.75, 3.05) is 6.61 Å². The second kappa shape index (κ2) is 5.61. The van der Waals surface area contributed by atoms with Crippen molar-refractivity contribution in [3.05, 3.63) is 28.3 Å². The van der Waals surface area contributed by atoms with Gasteiger partial charge in [0.05, 0.1) is 11.6 Å². The van der Waals surface area contributed by atoms with Gasteiger partial charge in [0.1, 0.15) is 5.75 Å². The Bertz CT molecular complexity index is 455. The van der Waals surface area contributed by atoms with Crippen molar-refractivity contribution >= 4 is 17.5 Å². The van der Waals surface area contributed by atoms with Gasteiger partial charge < -0.3 is 10.1 Å². The van der Waals surface area contributed by atoms with Gasteiger partial charge in [-0.25, -0.2) is 0 Å². The molecule has 0 heterocycles. The first kappa shape index (κ1) is 13.2. The Balaban J connectivity index is 2.03. The van der Waals surface area contributed by atoms with Crippen LogP contribution in [-0.4, -0.2) is 12.5 Å². The van der Waals surface area contributed by atoms with Gasteiger partial charge in [0, 0.05) is 12.5 Å². The molecule has 0 bridgehead atoms. The van der Waals surface area contributed by atoms with Crippen molar-refractivity contribution in [2.45, 2.75) is 33.2 Å². The summed E-state index contributed by atoms with van der Waals surface area (Å²) in [6.07, 6.45) is 2.05. The third-order valence-electron chi connectivity index (χ3n) is 3.09. The molecule has 1 aromatic carbocycles. The van der Waals surface area contributed by atoms with Gasteiger partial charge in [-0.05, 0) is 49.9 Å². The highest BCUT2D eigenvalue weighted by Crippen LogP contribution is 2.30. The molecule has 0 radical (unpaired) electrons. The van der Waals surface area contributed by atoms with Crippen molar-refractivity contribution in [3.8, 4) is 5.75 Å². The van der Waals surface area contributed by atoms with Gasteiger partial charge in [-0.1, -0.05) is 11.6 Å². The number of amides is 1. The monoisotopic (exact) mass is 267 g/mol. The molecule has 0 atom stereocenters. The summed E-state index contributed by atoms with van der Waals surface area (Å²) in [5, 5.41) is 3.54. The van der Waals surface area contributed by atoms with Gasteiger partial charge in [0.25, 0.3) is 0 Å². The molecule has 1 aromatic rings. The lowest BCUT2D eigenvalue weighted by Crippen LogP contribution is -2.24. The van der Waals surface area contributed by atoms with Crippen LogP contribution in [-0.2, 0) is 11.3 Å². The summed E-state index contributed by atoms with van der Waals surface area (Å²) in [5.41, 5.74) is 2.12. The Morgan fingerprint density at radius 1 is 1.50 bits per heavy atom. The summed E-state index contributed by atoms with van der Waals surface area (Å²) in [6, 6.07) is 3.79. The zero-order valence-corrected chi connectivity index (χ0v) is 11.5. The molecule has 1 aliphatic rings. The molecule has 0 aromatic heterocycles. The smallest absolute Gasteiger partial charge is 0.223 e. The lowest BCUT2D eigenvalue weighted by Gasteiger charge is -2.12. The SMILES string of the molecule is CCOc1cc(C)c(CNC(=O)C2CC2)cc1Cl. The standard InChI is InChI=1S/C14H18ClNO2/c1-3-18-13-6-9(2)11(7-12(13)15)8-16-14(17)10-4-5-10/h6-7,10H,3-5,8H2,1-2H3,(H,16,17). The number of halogens is 1. The minimum Gasteiger partial charge on any atom is -0.492 e. The van der Waals surface area contributed by atoms with Gasteiger partial charge in [-0.15, -0.1) is 0 Å². The van der Waals surface area contributed by atoms with E-state index in [1.165, 1.54) is 0 Å². The number of hydrogen-bond acceptors (Lipinski definition) is 2. The average Bonchev–Trinajstić information content (AvgIpc) is 3.15. The summed E-state index contributed by atoms with van der Waals surface area (Å²) in [5.74, 6) is 1.09. The number of aryl methyl sites for hydroxylation is 1. The second-order valence-corrected chi connectivity index (χ2v) is 5.04. The third kappa shape index (κ3) is 3.16. The molecule has 4 heteroatoms. The molecule has 98 valence electrons. The molecule has 2 rings (SSSR count). The predicted octanol–water partition coefficient (Wildman–Crippen LogP) is 3.07. The molecule has 0 spiro atoms. The van der Waals surface area contributed by atoms with Crippen LogP contribution in [0.5, 0.6) is 5.75 Å². The number of benzene rings is 1. The summed E-state index contributed by atoms with van der Waals surface area (Å²) in [7, 11) is 0. The van der Waals surface area contributed by atoms with Crippen LogP contribution in [0.1, 0.15) is 30.9 Å². The number of ether oxygens (including phenoxy) is 1. The molecule has 1 N–H and O–H groups in total. The fraction of sp³-hybridized carbons (Fsp3) is 0.500. The van der Waals surface area contributed by atoms with E-state index in [1.807, 2.05) is 26.0 Å². The fourth-order valence-electron chi connectivity index (χ4n) is 1.82. The third-order valence-corrected chi connectivity index (χ3v) is 3.39. The summed E-state index contributed by atoms with van der Waals surface area (Å²) >= 11 is 6.13. The van der Waals surface area contributed by atoms with E-state index in [4.69, 9.17) is 16.3 Å². The molecule has 3 nitrogen and oxygen atoms in total. The average molecular weight is 268 g/mol. The van der Waals surface area contributed by atoms with Crippen LogP contribution in [0.15, 0.2) is 12.1 Å². The summed E-state index contributed by atoms with van der Waals surface area (Å²) in [6.45, 7) is 5.05. The molecular formula is C14H18ClNO2. The van der Waals surface area contributed by atoms with E-state index in [9.17, 15) is 4.79 Å². The molecule has 18 heavy (non-hydrogen) atoms. The Morgan fingerprint density at radius 3 is 2.83 bits per heavy atom.